The van der Waals surface area contributed by atoms with Crippen molar-refractivity contribution in [1.29, 1.82) is 0 Å². The molecule has 2 fully saturated rings. The van der Waals surface area contributed by atoms with Crippen molar-refractivity contribution in [3.63, 3.8) is 0 Å². The molecule has 2 aliphatic heterocycles. The van der Waals surface area contributed by atoms with Crippen LogP contribution in [0, 0.1) is 11.7 Å². The van der Waals surface area contributed by atoms with E-state index in [0.717, 1.165) is 32.2 Å². The van der Waals surface area contributed by atoms with Gasteiger partial charge in [0, 0.05) is 13.0 Å². The number of aromatic nitrogens is 1. The number of ether oxygens (including phenoxy) is 1. The molecular formula is C34H44FN5O7S. The third-order valence-corrected chi connectivity index (χ3v) is 9.77. The number of ketones is 1. The van der Waals surface area contributed by atoms with E-state index < -0.39 is 51.9 Å². The van der Waals surface area contributed by atoms with E-state index in [1.54, 1.807) is 49.4 Å². The van der Waals surface area contributed by atoms with Crippen LogP contribution in [-0.4, -0.2) is 92.6 Å². The molecule has 2 saturated heterocycles. The number of sulfonamides is 1. The molecule has 0 bridgehead atoms. The molecule has 0 radical (unpaired) electrons. The van der Waals surface area contributed by atoms with E-state index >= 15 is 0 Å². The molecule has 5 rings (SSSR count). The van der Waals surface area contributed by atoms with Crippen LogP contribution >= 0.6 is 0 Å². The predicted octanol–water partition coefficient (Wildman–Crippen LogP) is 2.97. The normalized spacial score (nSPS) is 20.1. The van der Waals surface area contributed by atoms with Gasteiger partial charge in [0.1, 0.15) is 23.4 Å². The number of nitrogens with one attached hydrogen (secondary N) is 3. The van der Waals surface area contributed by atoms with Crippen LogP contribution in [0.1, 0.15) is 61.7 Å². The lowest BCUT2D eigenvalue weighted by Gasteiger charge is -2.30. The van der Waals surface area contributed by atoms with Crippen LogP contribution in [-0.2, 0) is 30.8 Å². The van der Waals surface area contributed by atoms with E-state index in [-0.39, 0.29) is 44.1 Å². The molecule has 14 heteroatoms. The molecule has 3 heterocycles. The number of nitrogens with zero attached hydrogens (tertiary/aromatic N) is 2. The average Bonchev–Trinajstić information content (AvgIpc) is 3.71. The fourth-order valence-electron chi connectivity index (χ4n) is 6.46. The van der Waals surface area contributed by atoms with Crippen LogP contribution < -0.4 is 15.4 Å². The van der Waals surface area contributed by atoms with Gasteiger partial charge in [-0.25, -0.2) is 22.5 Å². The number of fused-ring (bicyclic) bond motifs is 1. The number of halogens is 1. The van der Waals surface area contributed by atoms with Gasteiger partial charge < -0.3 is 24.7 Å². The van der Waals surface area contributed by atoms with Crippen LogP contribution in [0.25, 0.3) is 11.1 Å². The highest BCUT2D eigenvalue weighted by atomic mass is 32.2. The monoisotopic (exact) mass is 685 g/mol. The second kappa shape index (κ2) is 16.1. The molecule has 12 nitrogen and oxygen atoms in total. The first-order valence-corrected chi connectivity index (χ1v) is 18.4. The maximum atomic E-state index is 14.2. The molecule has 0 saturated carbocycles. The van der Waals surface area contributed by atoms with Crippen molar-refractivity contribution < 1.29 is 36.3 Å². The summed E-state index contributed by atoms with van der Waals surface area (Å²) in [6, 6.07) is 10.2. The van der Waals surface area contributed by atoms with Crippen LogP contribution in [0.2, 0.25) is 0 Å². The molecule has 0 spiro atoms. The van der Waals surface area contributed by atoms with Crippen LogP contribution in [0.15, 0.2) is 52.9 Å². The van der Waals surface area contributed by atoms with Gasteiger partial charge in [0.2, 0.25) is 27.6 Å². The van der Waals surface area contributed by atoms with Gasteiger partial charge >= 0.3 is 0 Å². The van der Waals surface area contributed by atoms with E-state index in [1.807, 2.05) is 0 Å². The van der Waals surface area contributed by atoms with Gasteiger partial charge in [0.25, 0.3) is 5.89 Å². The molecule has 2 aliphatic rings. The van der Waals surface area contributed by atoms with Gasteiger partial charge in [-0.1, -0.05) is 37.3 Å². The molecular weight excluding hydrogens is 641 g/mol. The Morgan fingerprint density at radius 3 is 2.54 bits per heavy atom. The number of benzene rings is 2. The third kappa shape index (κ3) is 9.24. The van der Waals surface area contributed by atoms with E-state index in [2.05, 4.69) is 20.3 Å². The molecule has 3 N–H and O–H groups in total. The number of Topliss-reactive ketones (excluding diaryl/α,β-unsaturated/α-hetero) is 1. The zero-order valence-electron chi connectivity index (χ0n) is 27.3. The Morgan fingerprint density at radius 2 is 1.83 bits per heavy atom. The van der Waals surface area contributed by atoms with Crippen molar-refractivity contribution in [3.05, 3.63) is 65.8 Å². The number of piperidine rings is 1. The lowest BCUT2D eigenvalue weighted by atomic mass is 9.91. The van der Waals surface area contributed by atoms with Crippen molar-refractivity contribution in [2.75, 3.05) is 32.5 Å². The number of likely N-dealkylation sites (tertiary alicyclic amines) is 1. The topological polar surface area (TPSA) is 160 Å². The highest BCUT2D eigenvalue weighted by Crippen LogP contribution is 2.26. The summed E-state index contributed by atoms with van der Waals surface area (Å²) in [6.07, 6.45) is 3.84. The fraction of sp³-hybridized carbons (Fsp3) is 0.529. The molecule has 3 aromatic rings. The second-order valence-electron chi connectivity index (χ2n) is 12.6. The van der Waals surface area contributed by atoms with E-state index in [9.17, 15) is 27.2 Å². The Morgan fingerprint density at radius 1 is 1.10 bits per heavy atom. The zero-order valence-corrected chi connectivity index (χ0v) is 28.1. The summed E-state index contributed by atoms with van der Waals surface area (Å²) in [5, 5.41) is 6.09. The summed E-state index contributed by atoms with van der Waals surface area (Å²) in [5.74, 6) is -1.75. The molecule has 260 valence electrons. The van der Waals surface area contributed by atoms with Crippen LogP contribution in [0.3, 0.4) is 0 Å². The van der Waals surface area contributed by atoms with Gasteiger partial charge in [0.05, 0.1) is 25.0 Å². The third-order valence-electron chi connectivity index (χ3n) is 9.05. The summed E-state index contributed by atoms with van der Waals surface area (Å²) in [5.41, 5.74) is 1.44. The zero-order chi connectivity index (χ0) is 34.3. The van der Waals surface area contributed by atoms with Gasteiger partial charge in [0.15, 0.2) is 5.58 Å². The standard InChI is InChI=1S/C34H44FN5O7S/c1-3-26(31(41)33-38-27-10-6-7-11-30(27)47-33)37-32(42)29-20-24(46-19-16-23-8-4-5-9-25(23)35)21-40(29)34(43)28(39-48(2,44)45)13-12-22-14-17-36-18-15-22/h4-11,22,24,26,28-29,36,39H,3,12-21H2,1-2H3,(H,37,42)/t24-,26+,28-,29+/m1/s1. The SMILES string of the molecule is CC[C@H](NC(=O)[C@@H]1C[C@@H](OCCc2ccccc2F)CN1C(=O)[C@@H](CCC1CCNCC1)NS(C)(=O)=O)C(=O)c1nc2ccccc2o1. The highest BCUT2D eigenvalue weighted by molar-refractivity contribution is 7.88. The summed E-state index contributed by atoms with van der Waals surface area (Å²) in [4.78, 5) is 47.0. The summed E-state index contributed by atoms with van der Waals surface area (Å²) in [7, 11) is -3.77. The predicted molar refractivity (Wildman–Crippen MR) is 177 cm³/mol. The molecule has 2 amide bonds. The van der Waals surface area contributed by atoms with Gasteiger partial charge in [-0.15, -0.1) is 0 Å². The van der Waals surface area contributed by atoms with Crippen molar-refractivity contribution in [1.82, 2.24) is 25.2 Å². The first kappa shape index (κ1) is 35.6. The minimum Gasteiger partial charge on any atom is -0.434 e. The van der Waals surface area contributed by atoms with E-state index in [1.165, 1.54) is 11.0 Å². The Hall–Kier alpha value is -3.72. The van der Waals surface area contributed by atoms with E-state index in [4.69, 9.17) is 9.15 Å². The molecule has 4 atom stereocenters. The quantitative estimate of drug-likeness (QED) is 0.205. The number of hydrogen-bond acceptors (Lipinski definition) is 9. The van der Waals surface area contributed by atoms with Crippen LogP contribution in [0.5, 0.6) is 0 Å². The number of carbonyl (C=O) groups excluding carboxylic acids is 3. The number of hydrogen-bond donors (Lipinski definition) is 3. The van der Waals surface area contributed by atoms with Crippen molar-refractivity contribution in [2.45, 2.75) is 76.1 Å². The maximum absolute atomic E-state index is 14.2. The van der Waals surface area contributed by atoms with Gasteiger partial charge in [-0.2, -0.15) is 0 Å². The van der Waals surface area contributed by atoms with Gasteiger partial charge in [-0.3, -0.25) is 14.4 Å². The molecule has 1 aromatic heterocycles. The average molecular weight is 686 g/mol. The number of rotatable bonds is 15. The second-order valence-corrected chi connectivity index (χ2v) is 14.4. The van der Waals surface area contributed by atoms with Crippen molar-refractivity contribution in [2.24, 2.45) is 5.92 Å². The summed E-state index contributed by atoms with van der Waals surface area (Å²) < 4.78 is 53.2. The van der Waals surface area contributed by atoms with Crippen molar-refractivity contribution in [3.8, 4) is 0 Å². The summed E-state index contributed by atoms with van der Waals surface area (Å²) >= 11 is 0. The Kier molecular flexibility index (Phi) is 11.9. The minimum absolute atomic E-state index is 0.0271. The Bertz CT molecular complexity index is 1660. The van der Waals surface area contributed by atoms with E-state index in [0.29, 0.717) is 35.4 Å². The Labute approximate surface area is 280 Å². The Balaban J connectivity index is 1.33. The molecule has 0 aliphatic carbocycles. The minimum atomic E-state index is -3.77. The number of para-hydroxylation sites is 2. The fourth-order valence-corrected chi connectivity index (χ4v) is 7.19. The summed E-state index contributed by atoms with van der Waals surface area (Å²) in [6.45, 7) is 3.65. The first-order valence-electron chi connectivity index (χ1n) is 16.6. The highest BCUT2D eigenvalue weighted by Gasteiger charge is 2.43. The largest absolute Gasteiger partial charge is 0.434 e. The lowest BCUT2D eigenvalue weighted by molar-refractivity contribution is -0.140. The molecule has 0 unspecified atom stereocenters. The maximum Gasteiger partial charge on any atom is 0.266 e. The van der Waals surface area contributed by atoms with Crippen molar-refractivity contribution >= 4 is 38.7 Å². The van der Waals surface area contributed by atoms with Crippen LogP contribution in [0.4, 0.5) is 4.39 Å². The lowest BCUT2D eigenvalue weighted by Crippen LogP contribution is -2.55. The number of carbonyl (C=O) groups is 3. The van der Waals surface area contributed by atoms with Gasteiger partial charge in [-0.05, 0) is 81.3 Å². The molecule has 48 heavy (non-hydrogen) atoms. The molecule has 2 aromatic carbocycles. The number of oxazole rings is 1. The first-order chi connectivity index (χ1) is 23.0. The smallest absolute Gasteiger partial charge is 0.266 e. The number of amides is 2.